The lowest BCUT2D eigenvalue weighted by Gasteiger charge is -2.08. The summed E-state index contributed by atoms with van der Waals surface area (Å²) < 4.78 is 0.767. The van der Waals surface area contributed by atoms with Gasteiger partial charge in [0.2, 0.25) is 11.8 Å². The molecule has 0 radical (unpaired) electrons. The van der Waals surface area contributed by atoms with Crippen LogP contribution in [0.15, 0.2) is 52.1 Å². The molecular weight excluding hydrogens is 392 g/mol. The maximum Gasteiger partial charge on any atom is 0.243 e. The molecule has 1 aromatic carbocycles. The number of pyridine rings is 1. The summed E-state index contributed by atoms with van der Waals surface area (Å²) in [5, 5.41) is 14.6. The fourth-order valence-electron chi connectivity index (χ4n) is 1.68. The van der Waals surface area contributed by atoms with Crippen LogP contribution in [0.25, 0.3) is 0 Å². The van der Waals surface area contributed by atoms with E-state index >= 15 is 0 Å². The molecule has 0 fully saturated rings. The number of anilines is 1. The van der Waals surface area contributed by atoms with Gasteiger partial charge in [-0.1, -0.05) is 23.9 Å². The minimum Gasteiger partial charge on any atom is -0.346 e. The summed E-state index contributed by atoms with van der Waals surface area (Å²) in [5.74, 6) is -0.485. The molecule has 1 aromatic heterocycles. The molecule has 0 saturated heterocycles. The van der Waals surface area contributed by atoms with Crippen molar-refractivity contribution in [1.29, 1.82) is 5.26 Å². The van der Waals surface area contributed by atoms with Crippen LogP contribution in [0, 0.1) is 11.3 Å². The minimum absolute atomic E-state index is 0.115. The van der Waals surface area contributed by atoms with Crippen LogP contribution >= 0.6 is 27.7 Å². The zero-order valence-electron chi connectivity index (χ0n) is 12.5. The van der Waals surface area contributed by atoms with Gasteiger partial charge in [0.1, 0.15) is 0 Å². The second kappa shape index (κ2) is 9.05. The molecule has 0 bridgehead atoms. The monoisotopic (exact) mass is 404 g/mol. The van der Waals surface area contributed by atoms with Crippen LogP contribution < -0.4 is 10.6 Å². The van der Waals surface area contributed by atoms with E-state index in [-0.39, 0.29) is 24.1 Å². The van der Waals surface area contributed by atoms with Crippen molar-refractivity contribution >= 4 is 45.2 Å². The highest BCUT2D eigenvalue weighted by Crippen LogP contribution is 2.20. The Morgan fingerprint density at radius 3 is 2.79 bits per heavy atom. The van der Waals surface area contributed by atoms with E-state index in [0.29, 0.717) is 16.3 Å². The first-order chi connectivity index (χ1) is 11.6. The predicted molar refractivity (Wildman–Crippen MR) is 95.5 cm³/mol. The highest BCUT2D eigenvalue weighted by Gasteiger charge is 2.08. The van der Waals surface area contributed by atoms with Crippen molar-refractivity contribution in [3.63, 3.8) is 0 Å². The number of hydrogen-bond donors (Lipinski definition) is 2. The SMILES string of the molecule is N#Cc1ccnc(SCC(=O)NCC(=O)Nc2ccccc2Br)c1. The minimum atomic E-state index is -0.315. The van der Waals surface area contributed by atoms with Crippen molar-refractivity contribution in [2.75, 3.05) is 17.6 Å². The van der Waals surface area contributed by atoms with Gasteiger partial charge in [-0.3, -0.25) is 9.59 Å². The molecule has 6 nitrogen and oxygen atoms in total. The molecule has 8 heteroatoms. The number of hydrogen-bond acceptors (Lipinski definition) is 5. The number of rotatable bonds is 6. The van der Waals surface area contributed by atoms with E-state index in [9.17, 15) is 9.59 Å². The van der Waals surface area contributed by atoms with Crippen molar-refractivity contribution in [3.05, 3.63) is 52.6 Å². The van der Waals surface area contributed by atoms with E-state index < -0.39 is 0 Å². The van der Waals surface area contributed by atoms with Gasteiger partial charge in [-0.05, 0) is 40.2 Å². The first kappa shape index (κ1) is 18.0. The van der Waals surface area contributed by atoms with E-state index in [1.165, 1.54) is 18.0 Å². The second-order valence-corrected chi connectivity index (χ2v) is 6.44. The van der Waals surface area contributed by atoms with E-state index in [1.54, 1.807) is 24.3 Å². The number of para-hydroxylation sites is 1. The van der Waals surface area contributed by atoms with Gasteiger partial charge in [0, 0.05) is 10.7 Å². The molecule has 2 rings (SSSR count). The number of thioether (sulfide) groups is 1. The fraction of sp³-hybridized carbons (Fsp3) is 0.125. The molecule has 0 saturated carbocycles. The van der Waals surface area contributed by atoms with Crippen molar-refractivity contribution in [2.45, 2.75) is 5.03 Å². The number of nitrogens with zero attached hydrogens (tertiary/aromatic N) is 2. The van der Waals surface area contributed by atoms with Gasteiger partial charge in [0.15, 0.2) is 0 Å². The average molecular weight is 405 g/mol. The maximum atomic E-state index is 11.8. The van der Waals surface area contributed by atoms with Crippen LogP contribution in [-0.4, -0.2) is 29.1 Å². The molecule has 2 N–H and O–H groups in total. The van der Waals surface area contributed by atoms with Gasteiger partial charge in [-0.2, -0.15) is 5.26 Å². The molecule has 2 aromatic rings. The van der Waals surface area contributed by atoms with Crippen LogP contribution in [0.1, 0.15) is 5.56 Å². The van der Waals surface area contributed by atoms with Crippen molar-refractivity contribution in [2.24, 2.45) is 0 Å². The highest BCUT2D eigenvalue weighted by atomic mass is 79.9. The number of nitrogens with one attached hydrogen (secondary N) is 2. The van der Waals surface area contributed by atoms with Crippen molar-refractivity contribution < 1.29 is 9.59 Å². The third-order valence-electron chi connectivity index (χ3n) is 2.81. The molecule has 122 valence electrons. The Hall–Kier alpha value is -2.37. The Labute approximate surface area is 151 Å². The normalized spacial score (nSPS) is 9.83. The van der Waals surface area contributed by atoms with E-state index in [0.717, 1.165) is 4.47 Å². The Bertz CT molecular complexity index is 792. The number of nitriles is 1. The van der Waals surface area contributed by atoms with Crippen LogP contribution in [0.4, 0.5) is 5.69 Å². The molecule has 1 heterocycles. The fourth-order valence-corrected chi connectivity index (χ4v) is 2.79. The number of carbonyl (C=O) groups is 2. The first-order valence-electron chi connectivity index (χ1n) is 6.88. The maximum absolute atomic E-state index is 11.8. The lowest BCUT2D eigenvalue weighted by Crippen LogP contribution is -2.33. The van der Waals surface area contributed by atoms with Crippen LogP contribution in [0.5, 0.6) is 0 Å². The number of aromatic nitrogens is 1. The Morgan fingerprint density at radius 1 is 1.25 bits per heavy atom. The zero-order chi connectivity index (χ0) is 17.4. The van der Waals surface area contributed by atoms with Crippen molar-refractivity contribution in [1.82, 2.24) is 10.3 Å². The smallest absolute Gasteiger partial charge is 0.243 e. The summed E-state index contributed by atoms with van der Waals surface area (Å²) in [6.07, 6.45) is 1.52. The third-order valence-corrected chi connectivity index (χ3v) is 4.43. The molecule has 0 aliphatic carbocycles. The summed E-state index contributed by atoms with van der Waals surface area (Å²) in [5.41, 5.74) is 1.13. The summed E-state index contributed by atoms with van der Waals surface area (Å²) in [4.78, 5) is 27.7. The van der Waals surface area contributed by atoms with Gasteiger partial charge in [-0.15, -0.1) is 0 Å². The number of halogens is 1. The third kappa shape index (κ3) is 5.68. The van der Waals surface area contributed by atoms with E-state index in [4.69, 9.17) is 5.26 Å². The summed E-state index contributed by atoms with van der Waals surface area (Å²) in [6.45, 7) is -0.119. The second-order valence-electron chi connectivity index (χ2n) is 4.59. The Kier molecular flexibility index (Phi) is 6.78. The Balaban J connectivity index is 1.75. The summed E-state index contributed by atoms with van der Waals surface area (Å²) in [7, 11) is 0. The lowest BCUT2D eigenvalue weighted by atomic mass is 10.3. The highest BCUT2D eigenvalue weighted by molar-refractivity contribution is 9.10. The number of benzene rings is 1. The van der Waals surface area contributed by atoms with Gasteiger partial charge in [-0.25, -0.2) is 4.98 Å². The van der Waals surface area contributed by atoms with Crippen LogP contribution in [0.3, 0.4) is 0 Å². The quantitative estimate of drug-likeness (QED) is 0.721. The molecule has 2 amide bonds. The standard InChI is InChI=1S/C16H13BrN4O2S/c17-12-3-1-2-4-13(12)21-14(22)9-20-15(23)10-24-16-7-11(8-18)5-6-19-16/h1-7H,9-10H2,(H,20,23)(H,21,22). The Morgan fingerprint density at radius 2 is 2.04 bits per heavy atom. The van der Waals surface area contributed by atoms with Crippen molar-refractivity contribution in [3.8, 4) is 6.07 Å². The molecule has 0 aliphatic heterocycles. The van der Waals surface area contributed by atoms with Gasteiger partial charge in [0.25, 0.3) is 0 Å². The zero-order valence-corrected chi connectivity index (χ0v) is 14.9. The molecule has 0 aliphatic rings. The number of amides is 2. The van der Waals surface area contributed by atoms with E-state index in [1.807, 2.05) is 18.2 Å². The summed E-state index contributed by atoms with van der Waals surface area (Å²) >= 11 is 4.53. The molecule has 0 atom stereocenters. The van der Waals surface area contributed by atoms with Crippen LogP contribution in [-0.2, 0) is 9.59 Å². The number of carbonyl (C=O) groups excluding carboxylic acids is 2. The summed E-state index contributed by atoms with van der Waals surface area (Å²) in [6, 6.07) is 12.4. The van der Waals surface area contributed by atoms with Crippen LogP contribution in [0.2, 0.25) is 0 Å². The molecule has 24 heavy (non-hydrogen) atoms. The first-order valence-corrected chi connectivity index (χ1v) is 8.66. The lowest BCUT2D eigenvalue weighted by molar-refractivity contribution is -0.122. The topological polar surface area (TPSA) is 94.9 Å². The molecular formula is C16H13BrN4O2S. The predicted octanol–water partition coefficient (Wildman–Crippen LogP) is 2.56. The molecule has 0 unspecified atom stereocenters. The van der Waals surface area contributed by atoms with Gasteiger partial charge < -0.3 is 10.6 Å². The van der Waals surface area contributed by atoms with Gasteiger partial charge >= 0.3 is 0 Å². The van der Waals surface area contributed by atoms with E-state index in [2.05, 4.69) is 31.5 Å². The van der Waals surface area contributed by atoms with Gasteiger partial charge in [0.05, 0.1) is 34.6 Å². The molecule has 0 spiro atoms. The largest absolute Gasteiger partial charge is 0.346 e. The average Bonchev–Trinajstić information content (AvgIpc) is 2.60.